The highest BCUT2D eigenvalue weighted by molar-refractivity contribution is 8.00. The van der Waals surface area contributed by atoms with E-state index in [2.05, 4.69) is 6.07 Å². The third-order valence-electron chi connectivity index (χ3n) is 1.38. The number of nitrogens with zero attached hydrogens (tertiary/aromatic N) is 1. The van der Waals surface area contributed by atoms with Crippen LogP contribution in [0.2, 0.25) is 10.0 Å². The molecule has 0 amide bonds. The van der Waals surface area contributed by atoms with Gasteiger partial charge in [0.2, 0.25) is 0 Å². The molecule has 0 saturated carbocycles. The molecule has 1 aromatic carbocycles. The number of halogens is 2. The summed E-state index contributed by atoms with van der Waals surface area (Å²) in [7, 11) is 0. The molecule has 68 valence electrons. The molecular formula is C9H7Cl2NS. The van der Waals surface area contributed by atoms with Crippen molar-refractivity contribution in [2.45, 2.75) is 17.1 Å². The summed E-state index contributed by atoms with van der Waals surface area (Å²) in [6.07, 6.45) is 0. The average molecular weight is 232 g/mol. The third kappa shape index (κ3) is 3.11. The lowest BCUT2D eigenvalue weighted by Gasteiger charge is -2.04. The summed E-state index contributed by atoms with van der Waals surface area (Å²) in [6, 6.07) is 7.35. The van der Waals surface area contributed by atoms with E-state index in [1.165, 1.54) is 11.8 Å². The zero-order valence-electron chi connectivity index (χ0n) is 6.92. The van der Waals surface area contributed by atoms with E-state index in [1.807, 2.05) is 6.92 Å². The number of benzene rings is 1. The second kappa shape index (κ2) is 4.76. The Morgan fingerprint density at radius 1 is 1.46 bits per heavy atom. The molecule has 1 unspecified atom stereocenters. The minimum absolute atomic E-state index is 0.115. The molecule has 4 heteroatoms. The maximum Gasteiger partial charge on any atom is 0.0936 e. The maximum absolute atomic E-state index is 8.61. The van der Waals surface area contributed by atoms with Crippen molar-refractivity contribution >= 4 is 35.0 Å². The van der Waals surface area contributed by atoms with Gasteiger partial charge in [0.15, 0.2) is 0 Å². The molecule has 1 aromatic rings. The van der Waals surface area contributed by atoms with Crippen LogP contribution in [-0.4, -0.2) is 5.25 Å². The van der Waals surface area contributed by atoms with Crippen LogP contribution in [0.4, 0.5) is 0 Å². The highest BCUT2D eigenvalue weighted by atomic mass is 35.5. The van der Waals surface area contributed by atoms with Gasteiger partial charge in [-0.15, -0.1) is 11.8 Å². The summed E-state index contributed by atoms with van der Waals surface area (Å²) in [4.78, 5) is 0.850. The fraction of sp³-hybridized carbons (Fsp3) is 0.222. The zero-order chi connectivity index (χ0) is 9.84. The smallest absolute Gasteiger partial charge is 0.0936 e. The monoisotopic (exact) mass is 231 g/mol. The van der Waals surface area contributed by atoms with Gasteiger partial charge >= 0.3 is 0 Å². The second-order valence-electron chi connectivity index (χ2n) is 2.46. The largest absolute Gasteiger partial charge is 0.197 e. The molecule has 0 radical (unpaired) electrons. The van der Waals surface area contributed by atoms with Crippen molar-refractivity contribution in [2.75, 3.05) is 0 Å². The fourth-order valence-electron chi connectivity index (χ4n) is 0.784. The molecule has 13 heavy (non-hydrogen) atoms. The molecule has 0 aliphatic carbocycles. The van der Waals surface area contributed by atoms with E-state index in [4.69, 9.17) is 28.5 Å². The summed E-state index contributed by atoms with van der Waals surface area (Å²) in [6.45, 7) is 1.82. The lowest BCUT2D eigenvalue weighted by Crippen LogP contribution is -1.89. The van der Waals surface area contributed by atoms with E-state index in [0.29, 0.717) is 10.0 Å². The van der Waals surface area contributed by atoms with Gasteiger partial charge in [-0.1, -0.05) is 23.2 Å². The van der Waals surface area contributed by atoms with E-state index in [-0.39, 0.29) is 5.25 Å². The van der Waals surface area contributed by atoms with Crippen LogP contribution in [0.15, 0.2) is 23.1 Å². The number of hydrogen-bond donors (Lipinski definition) is 0. The Balaban J connectivity index is 2.88. The first-order chi connectivity index (χ1) is 6.13. The fourth-order valence-corrected chi connectivity index (χ4v) is 2.08. The first-order valence-electron chi connectivity index (χ1n) is 3.65. The minimum Gasteiger partial charge on any atom is -0.197 e. The average Bonchev–Trinajstić information content (AvgIpc) is 2.11. The summed E-state index contributed by atoms with van der Waals surface area (Å²) in [5.74, 6) is 0. The third-order valence-corrected chi connectivity index (χ3v) is 3.11. The molecule has 0 saturated heterocycles. The standard InChI is InChI=1S/C9H7Cl2NS/c1-6(5-12)13-9-4-7(10)2-3-8(9)11/h2-4,6H,1H3. The van der Waals surface area contributed by atoms with Crippen LogP contribution in [0.5, 0.6) is 0 Å². The molecule has 1 atom stereocenters. The lowest BCUT2D eigenvalue weighted by molar-refractivity contribution is 1.23. The first kappa shape index (κ1) is 10.7. The molecular weight excluding hydrogens is 225 g/mol. The quantitative estimate of drug-likeness (QED) is 0.719. The molecule has 1 nitrogen and oxygen atoms in total. The van der Waals surface area contributed by atoms with E-state index in [1.54, 1.807) is 18.2 Å². The van der Waals surface area contributed by atoms with Crippen molar-refractivity contribution in [3.63, 3.8) is 0 Å². The van der Waals surface area contributed by atoms with Gasteiger partial charge in [0.1, 0.15) is 0 Å². The lowest BCUT2D eigenvalue weighted by atomic mass is 10.4. The summed E-state index contributed by atoms with van der Waals surface area (Å²) >= 11 is 13.1. The molecule has 0 aliphatic rings. The van der Waals surface area contributed by atoms with Crippen molar-refractivity contribution < 1.29 is 0 Å². The predicted molar refractivity (Wildman–Crippen MR) is 57.4 cm³/mol. The van der Waals surface area contributed by atoms with Crippen LogP contribution in [0, 0.1) is 11.3 Å². The van der Waals surface area contributed by atoms with E-state index in [0.717, 1.165) is 4.90 Å². The number of hydrogen-bond acceptors (Lipinski definition) is 2. The van der Waals surface area contributed by atoms with Crippen LogP contribution in [0.25, 0.3) is 0 Å². The van der Waals surface area contributed by atoms with Gasteiger partial charge in [-0.25, -0.2) is 0 Å². The van der Waals surface area contributed by atoms with Gasteiger partial charge < -0.3 is 0 Å². The van der Waals surface area contributed by atoms with Gasteiger partial charge in [0, 0.05) is 9.92 Å². The van der Waals surface area contributed by atoms with Crippen molar-refractivity contribution in [2.24, 2.45) is 0 Å². The van der Waals surface area contributed by atoms with Crippen LogP contribution in [0.3, 0.4) is 0 Å². The summed E-state index contributed by atoms with van der Waals surface area (Å²) in [5.41, 5.74) is 0. The first-order valence-corrected chi connectivity index (χ1v) is 5.28. The minimum atomic E-state index is -0.115. The van der Waals surface area contributed by atoms with Crippen molar-refractivity contribution in [1.29, 1.82) is 5.26 Å². The number of rotatable bonds is 2. The molecule has 0 aliphatic heterocycles. The Morgan fingerprint density at radius 3 is 2.77 bits per heavy atom. The SMILES string of the molecule is CC(C#N)Sc1cc(Cl)ccc1Cl. The number of thioether (sulfide) groups is 1. The molecule has 0 spiro atoms. The van der Waals surface area contributed by atoms with Gasteiger partial charge in [-0.05, 0) is 25.1 Å². The topological polar surface area (TPSA) is 23.8 Å². The highest BCUT2D eigenvalue weighted by Crippen LogP contribution is 2.32. The summed E-state index contributed by atoms with van der Waals surface area (Å²) < 4.78 is 0. The second-order valence-corrected chi connectivity index (χ2v) is 4.69. The van der Waals surface area contributed by atoms with E-state index in [9.17, 15) is 0 Å². The zero-order valence-corrected chi connectivity index (χ0v) is 9.25. The molecule has 1 rings (SSSR count). The Hall–Kier alpha value is -0.360. The van der Waals surface area contributed by atoms with Crippen molar-refractivity contribution in [3.8, 4) is 6.07 Å². The van der Waals surface area contributed by atoms with E-state index >= 15 is 0 Å². The van der Waals surface area contributed by atoms with Crippen LogP contribution >= 0.6 is 35.0 Å². The molecule has 0 bridgehead atoms. The van der Waals surface area contributed by atoms with E-state index < -0.39 is 0 Å². The van der Waals surface area contributed by atoms with Crippen molar-refractivity contribution in [3.05, 3.63) is 28.2 Å². The molecule has 0 N–H and O–H groups in total. The van der Waals surface area contributed by atoms with Gasteiger partial charge in [-0.2, -0.15) is 5.26 Å². The van der Waals surface area contributed by atoms with Gasteiger partial charge in [0.05, 0.1) is 16.3 Å². The Morgan fingerprint density at radius 2 is 2.15 bits per heavy atom. The van der Waals surface area contributed by atoms with Gasteiger partial charge in [-0.3, -0.25) is 0 Å². The summed E-state index contributed by atoms with van der Waals surface area (Å²) in [5, 5.41) is 9.77. The Bertz CT molecular complexity index is 346. The molecule has 0 aromatic heterocycles. The van der Waals surface area contributed by atoms with Crippen LogP contribution in [0.1, 0.15) is 6.92 Å². The maximum atomic E-state index is 8.61. The molecule has 0 heterocycles. The molecule has 0 fully saturated rings. The van der Waals surface area contributed by atoms with Gasteiger partial charge in [0.25, 0.3) is 0 Å². The predicted octanol–water partition coefficient (Wildman–Crippen LogP) is 4.00. The van der Waals surface area contributed by atoms with Crippen LogP contribution in [-0.2, 0) is 0 Å². The number of nitriles is 1. The Kier molecular flexibility index (Phi) is 3.92. The Labute approximate surface area is 91.6 Å². The van der Waals surface area contributed by atoms with Crippen molar-refractivity contribution in [1.82, 2.24) is 0 Å². The highest BCUT2D eigenvalue weighted by Gasteiger charge is 2.06. The normalized spacial score (nSPS) is 12.2. The van der Waals surface area contributed by atoms with Crippen LogP contribution < -0.4 is 0 Å².